The number of nitrogens with zero attached hydrogens (tertiary/aromatic N) is 3. The maximum Gasteiger partial charge on any atom is 0.244 e. The summed E-state index contributed by atoms with van der Waals surface area (Å²) in [6.07, 6.45) is 1.60. The molecule has 0 bridgehead atoms. The standard InChI is InChI=1S/C19H21N5O/c1-13-8-9-16(10-14(13)2)22-18-12-21-24-19(23-18)20-11-15-6-4-5-7-17(15)25-3/h4-10,12H,11H2,1-3H3,(H2,20,22,23,24). The van der Waals surface area contributed by atoms with Gasteiger partial charge in [-0.1, -0.05) is 24.3 Å². The van der Waals surface area contributed by atoms with Crippen LogP contribution in [-0.4, -0.2) is 22.3 Å². The lowest BCUT2D eigenvalue weighted by atomic mass is 10.1. The number of aromatic nitrogens is 3. The Morgan fingerprint density at radius 1 is 1.04 bits per heavy atom. The minimum absolute atomic E-state index is 0.458. The zero-order valence-corrected chi connectivity index (χ0v) is 14.6. The lowest BCUT2D eigenvalue weighted by molar-refractivity contribution is 0.410. The van der Waals surface area contributed by atoms with E-state index in [1.165, 1.54) is 11.1 Å². The van der Waals surface area contributed by atoms with Crippen molar-refractivity contribution in [3.8, 4) is 5.75 Å². The monoisotopic (exact) mass is 335 g/mol. The quantitative estimate of drug-likeness (QED) is 0.713. The number of para-hydroxylation sites is 1. The first-order valence-corrected chi connectivity index (χ1v) is 8.05. The van der Waals surface area contributed by atoms with Gasteiger partial charge in [0.2, 0.25) is 5.95 Å². The van der Waals surface area contributed by atoms with Gasteiger partial charge in [-0.15, -0.1) is 5.10 Å². The zero-order valence-electron chi connectivity index (χ0n) is 14.6. The highest BCUT2D eigenvalue weighted by Crippen LogP contribution is 2.20. The molecule has 0 aliphatic carbocycles. The zero-order chi connectivity index (χ0) is 17.6. The Morgan fingerprint density at radius 3 is 2.68 bits per heavy atom. The number of nitrogens with one attached hydrogen (secondary N) is 2. The number of hydrogen-bond acceptors (Lipinski definition) is 6. The fourth-order valence-corrected chi connectivity index (χ4v) is 2.43. The van der Waals surface area contributed by atoms with Gasteiger partial charge in [0.05, 0.1) is 13.3 Å². The molecule has 0 aliphatic rings. The van der Waals surface area contributed by atoms with E-state index in [4.69, 9.17) is 4.74 Å². The Morgan fingerprint density at radius 2 is 1.88 bits per heavy atom. The third-order valence-corrected chi connectivity index (χ3v) is 3.97. The van der Waals surface area contributed by atoms with Crippen molar-refractivity contribution in [3.05, 3.63) is 65.4 Å². The van der Waals surface area contributed by atoms with E-state index in [0.717, 1.165) is 17.0 Å². The molecule has 0 amide bonds. The fourth-order valence-electron chi connectivity index (χ4n) is 2.43. The van der Waals surface area contributed by atoms with Gasteiger partial charge in [-0.2, -0.15) is 10.1 Å². The molecule has 1 heterocycles. The average molecular weight is 335 g/mol. The van der Waals surface area contributed by atoms with E-state index in [1.54, 1.807) is 13.3 Å². The minimum Gasteiger partial charge on any atom is -0.496 e. The number of benzene rings is 2. The predicted molar refractivity (Wildman–Crippen MR) is 99.3 cm³/mol. The van der Waals surface area contributed by atoms with Crippen molar-refractivity contribution in [2.24, 2.45) is 0 Å². The van der Waals surface area contributed by atoms with Crippen LogP contribution in [0.3, 0.4) is 0 Å². The van der Waals surface area contributed by atoms with Crippen molar-refractivity contribution in [3.63, 3.8) is 0 Å². The van der Waals surface area contributed by atoms with Crippen molar-refractivity contribution in [2.75, 3.05) is 17.7 Å². The van der Waals surface area contributed by atoms with Crippen LogP contribution >= 0.6 is 0 Å². The summed E-state index contributed by atoms with van der Waals surface area (Å²) in [5.41, 5.74) is 4.48. The number of anilines is 3. The first-order chi connectivity index (χ1) is 12.2. The second-order valence-electron chi connectivity index (χ2n) is 5.75. The smallest absolute Gasteiger partial charge is 0.244 e. The highest BCUT2D eigenvalue weighted by molar-refractivity contribution is 5.58. The Hall–Kier alpha value is -3.15. The molecule has 0 atom stereocenters. The van der Waals surface area contributed by atoms with Gasteiger partial charge in [-0.25, -0.2) is 0 Å². The minimum atomic E-state index is 0.458. The lowest BCUT2D eigenvalue weighted by Crippen LogP contribution is -2.07. The molecule has 2 aromatic carbocycles. The molecule has 0 radical (unpaired) electrons. The summed E-state index contributed by atoms with van der Waals surface area (Å²) in [6.45, 7) is 4.73. The van der Waals surface area contributed by atoms with Crippen LogP contribution in [0.5, 0.6) is 5.75 Å². The number of aryl methyl sites for hydroxylation is 2. The topological polar surface area (TPSA) is 72.0 Å². The molecule has 2 N–H and O–H groups in total. The van der Waals surface area contributed by atoms with Crippen molar-refractivity contribution in [1.82, 2.24) is 15.2 Å². The summed E-state index contributed by atoms with van der Waals surface area (Å²) in [5.74, 6) is 1.92. The summed E-state index contributed by atoms with van der Waals surface area (Å²) >= 11 is 0. The molecule has 3 rings (SSSR count). The van der Waals surface area contributed by atoms with E-state index in [-0.39, 0.29) is 0 Å². The molecule has 0 aliphatic heterocycles. The molecule has 0 saturated heterocycles. The van der Waals surface area contributed by atoms with Crippen LogP contribution in [0.1, 0.15) is 16.7 Å². The van der Waals surface area contributed by atoms with Crippen LogP contribution in [0, 0.1) is 13.8 Å². The number of hydrogen-bond donors (Lipinski definition) is 2. The molecular formula is C19H21N5O. The number of methoxy groups -OCH3 is 1. The van der Waals surface area contributed by atoms with Crippen LogP contribution in [0.4, 0.5) is 17.5 Å². The second-order valence-corrected chi connectivity index (χ2v) is 5.75. The average Bonchev–Trinajstić information content (AvgIpc) is 2.63. The van der Waals surface area contributed by atoms with Gasteiger partial charge in [-0.3, -0.25) is 0 Å². The molecule has 0 spiro atoms. The molecule has 3 aromatic rings. The third-order valence-electron chi connectivity index (χ3n) is 3.97. The Kier molecular flexibility index (Phi) is 5.09. The van der Waals surface area contributed by atoms with Gasteiger partial charge in [0.25, 0.3) is 0 Å². The molecule has 128 valence electrons. The summed E-state index contributed by atoms with van der Waals surface area (Å²) < 4.78 is 5.35. The first-order valence-electron chi connectivity index (χ1n) is 8.05. The number of ether oxygens (including phenoxy) is 1. The van der Waals surface area contributed by atoms with Gasteiger partial charge >= 0.3 is 0 Å². The summed E-state index contributed by atoms with van der Waals surface area (Å²) in [7, 11) is 1.66. The normalized spacial score (nSPS) is 10.4. The summed E-state index contributed by atoms with van der Waals surface area (Å²) in [4.78, 5) is 4.45. The van der Waals surface area contributed by atoms with E-state index >= 15 is 0 Å². The highest BCUT2D eigenvalue weighted by Gasteiger charge is 2.05. The Bertz CT molecular complexity index is 866. The SMILES string of the molecule is COc1ccccc1CNc1nncc(Nc2ccc(C)c(C)c2)n1. The molecule has 1 aromatic heterocycles. The van der Waals surface area contributed by atoms with Gasteiger partial charge in [0.15, 0.2) is 5.82 Å². The molecular weight excluding hydrogens is 314 g/mol. The van der Waals surface area contributed by atoms with E-state index in [2.05, 4.69) is 51.8 Å². The second kappa shape index (κ2) is 7.61. The largest absolute Gasteiger partial charge is 0.496 e. The molecule has 0 fully saturated rings. The maximum atomic E-state index is 5.35. The van der Waals surface area contributed by atoms with Crippen LogP contribution in [-0.2, 0) is 6.54 Å². The molecule has 6 heteroatoms. The third kappa shape index (κ3) is 4.23. The molecule has 0 saturated carbocycles. The molecule has 6 nitrogen and oxygen atoms in total. The van der Waals surface area contributed by atoms with Crippen molar-refractivity contribution < 1.29 is 4.74 Å². The van der Waals surface area contributed by atoms with Crippen LogP contribution in [0.2, 0.25) is 0 Å². The van der Waals surface area contributed by atoms with Crippen LogP contribution in [0.25, 0.3) is 0 Å². The lowest BCUT2D eigenvalue weighted by Gasteiger charge is -2.10. The van der Waals surface area contributed by atoms with E-state index < -0.39 is 0 Å². The van der Waals surface area contributed by atoms with Crippen molar-refractivity contribution in [1.29, 1.82) is 0 Å². The fraction of sp³-hybridized carbons (Fsp3) is 0.211. The van der Waals surface area contributed by atoms with E-state index in [1.807, 2.05) is 30.3 Å². The van der Waals surface area contributed by atoms with Crippen molar-refractivity contribution >= 4 is 17.5 Å². The van der Waals surface area contributed by atoms with E-state index in [9.17, 15) is 0 Å². The van der Waals surface area contributed by atoms with Gasteiger partial charge in [-0.05, 0) is 43.2 Å². The van der Waals surface area contributed by atoms with Crippen LogP contribution in [0.15, 0.2) is 48.7 Å². The van der Waals surface area contributed by atoms with Gasteiger partial charge in [0.1, 0.15) is 5.75 Å². The maximum absolute atomic E-state index is 5.35. The molecule has 0 unspecified atom stereocenters. The van der Waals surface area contributed by atoms with Gasteiger partial charge in [0, 0.05) is 17.8 Å². The van der Waals surface area contributed by atoms with E-state index in [0.29, 0.717) is 18.3 Å². The van der Waals surface area contributed by atoms with Crippen molar-refractivity contribution in [2.45, 2.75) is 20.4 Å². The predicted octanol–water partition coefficient (Wildman–Crippen LogP) is 3.85. The highest BCUT2D eigenvalue weighted by atomic mass is 16.5. The Labute approximate surface area is 147 Å². The number of rotatable bonds is 6. The van der Waals surface area contributed by atoms with Gasteiger partial charge < -0.3 is 15.4 Å². The van der Waals surface area contributed by atoms with Crippen LogP contribution < -0.4 is 15.4 Å². The first kappa shape index (κ1) is 16.7. The summed E-state index contributed by atoms with van der Waals surface area (Å²) in [6, 6.07) is 14.0. The summed E-state index contributed by atoms with van der Waals surface area (Å²) in [5, 5.41) is 14.5. The Balaban J connectivity index is 1.70. The molecule has 25 heavy (non-hydrogen) atoms.